The molecule has 1 saturated carbocycles. The van der Waals surface area contributed by atoms with Gasteiger partial charge in [-0.25, -0.2) is 4.79 Å². The molecule has 2 fully saturated rings. The van der Waals surface area contributed by atoms with Crippen molar-refractivity contribution in [2.45, 2.75) is 76.9 Å². The van der Waals surface area contributed by atoms with Crippen molar-refractivity contribution in [3.8, 4) is 11.5 Å². The standard InChI is InChI=1S/C28H39N3O2/c1-2-3-19-31(28(32)29-24-9-7-8-10-24)25-17-20-30(21-18-25)22-23-13-15-27(16-14-23)33-26-11-5-4-6-12-26/h4-6,11-16,24-25H,2-3,7-10,17-22H2,1H3,(H,29,32). The molecule has 1 N–H and O–H groups in total. The van der Waals surface area contributed by atoms with Gasteiger partial charge in [0.1, 0.15) is 11.5 Å². The maximum atomic E-state index is 13.0. The quantitative estimate of drug-likeness (QED) is 0.496. The minimum atomic E-state index is 0.169. The van der Waals surface area contributed by atoms with E-state index in [1.165, 1.54) is 18.4 Å². The molecule has 0 spiro atoms. The topological polar surface area (TPSA) is 44.8 Å². The molecule has 2 aromatic rings. The molecule has 2 aliphatic rings. The van der Waals surface area contributed by atoms with Gasteiger partial charge in [0.05, 0.1) is 0 Å². The Bertz CT molecular complexity index is 841. The Labute approximate surface area is 199 Å². The summed E-state index contributed by atoms with van der Waals surface area (Å²) in [4.78, 5) is 17.7. The lowest BCUT2D eigenvalue weighted by Gasteiger charge is -2.39. The molecular formula is C28H39N3O2. The van der Waals surface area contributed by atoms with Crippen molar-refractivity contribution in [2.75, 3.05) is 19.6 Å². The van der Waals surface area contributed by atoms with Gasteiger partial charge in [-0.05, 0) is 61.9 Å². The number of hydrogen-bond acceptors (Lipinski definition) is 3. The van der Waals surface area contributed by atoms with Gasteiger partial charge in [0.25, 0.3) is 0 Å². The Morgan fingerprint density at radius 1 is 0.970 bits per heavy atom. The predicted octanol–water partition coefficient (Wildman–Crippen LogP) is 6.20. The van der Waals surface area contributed by atoms with E-state index in [1.807, 2.05) is 30.3 Å². The second kappa shape index (κ2) is 12.1. The molecule has 178 valence electrons. The maximum Gasteiger partial charge on any atom is 0.317 e. The molecule has 0 bridgehead atoms. The van der Waals surface area contributed by atoms with E-state index in [9.17, 15) is 4.79 Å². The van der Waals surface area contributed by atoms with Crippen LogP contribution in [-0.4, -0.2) is 47.5 Å². The summed E-state index contributed by atoms with van der Waals surface area (Å²) < 4.78 is 5.91. The second-order valence-electron chi connectivity index (χ2n) is 9.54. The van der Waals surface area contributed by atoms with Crippen molar-refractivity contribution >= 4 is 6.03 Å². The van der Waals surface area contributed by atoms with E-state index >= 15 is 0 Å². The Morgan fingerprint density at radius 3 is 2.30 bits per heavy atom. The van der Waals surface area contributed by atoms with Crippen molar-refractivity contribution in [1.82, 2.24) is 15.1 Å². The van der Waals surface area contributed by atoms with E-state index in [1.54, 1.807) is 0 Å². The fraction of sp³-hybridized carbons (Fsp3) is 0.536. The summed E-state index contributed by atoms with van der Waals surface area (Å²) in [6, 6.07) is 19.2. The zero-order valence-electron chi connectivity index (χ0n) is 20.0. The maximum absolute atomic E-state index is 13.0. The van der Waals surface area contributed by atoms with Crippen LogP contribution in [-0.2, 0) is 6.54 Å². The van der Waals surface area contributed by atoms with E-state index in [4.69, 9.17) is 4.74 Å². The number of ether oxygens (including phenoxy) is 1. The molecule has 1 aliphatic carbocycles. The second-order valence-corrected chi connectivity index (χ2v) is 9.54. The fourth-order valence-corrected chi connectivity index (χ4v) is 5.04. The van der Waals surface area contributed by atoms with Crippen LogP contribution in [0.2, 0.25) is 0 Å². The zero-order chi connectivity index (χ0) is 22.9. The largest absolute Gasteiger partial charge is 0.457 e. The number of carbonyl (C=O) groups is 1. The number of likely N-dealkylation sites (tertiary alicyclic amines) is 1. The number of rotatable bonds is 9. The number of urea groups is 1. The first kappa shape index (κ1) is 23.6. The van der Waals surface area contributed by atoms with Crippen molar-refractivity contribution in [3.05, 3.63) is 60.2 Å². The average Bonchev–Trinajstić information content (AvgIpc) is 3.35. The van der Waals surface area contributed by atoms with Gasteiger partial charge in [-0.1, -0.05) is 56.5 Å². The lowest BCUT2D eigenvalue weighted by atomic mass is 10.0. The molecule has 2 amide bonds. The highest BCUT2D eigenvalue weighted by atomic mass is 16.5. The average molecular weight is 450 g/mol. The van der Waals surface area contributed by atoms with Crippen LogP contribution in [0.5, 0.6) is 11.5 Å². The van der Waals surface area contributed by atoms with Crippen LogP contribution >= 0.6 is 0 Å². The summed E-state index contributed by atoms with van der Waals surface area (Å²) in [5, 5.41) is 3.32. The lowest BCUT2D eigenvalue weighted by molar-refractivity contribution is 0.114. The van der Waals surface area contributed by atoms with E-state index in [2.05, 4.69) is 46.3 Å². The highest BCUT2D eigenvalue weighted by Crippen LogP contribution is 2.24. The summed E-state index contributed by atoms with van der Waals surface area (Å²) in [6.07, 6.45) is 9.08. The highest BCUT2D eigenvalue weighted by molar-refractivity contribution is 5.75. The number of nitrogens with one attached hydrogen (secondary N) is 1. The molecule has 33 heavy (non-hydrogen) atoms. The van der Waals surface area contributed by atoms with Gasteiger partial charge in [0.15, 0.2) is 0 Å². The van der Waals surface area contributed by atoms with Crippen molar-refractivity contribution < 1.29 is 9.53 Å². The third kappa shape index (κ3) is 6.97. The number of nitrogens with zero attached hydrogens (tertiary/aromatic N) is 2. The van der Waals surface area contributed by atoms with Crippen LogP contribution in [0, 0.1) is 0 Å². The van der Waals surface area contributed by atoms with Crippen LogP contribution in [0.3, 0.4) is 0 Å². The summed E-state index contributed by atoms with van der Waals surface area (Å²) in [5.74, 6) is 1.72. The molecule has 0 unspecified atom stereocenters. The van der Waals surface area contributed by atoms with Gasteiger partial charge >= 0.3 is 6.03 Å². The number of para-hydroxylation sites is 1. The van der Waals surface area contributed by atoms with Gasteiger partial charge in [0.2, 0.25) is 0 Å². The summed E-state index contributed by atoms with van der Waals surface area (Å²) in [5.41, 5.74) is 1.30. The molecule has 0 radical (unpaired) electrons. The van der Waals surface area contributed by atoms with Gasteiger partial charge < -0.3 is 15.0 Å². The van der Waals surface area contributed by atoms with Crippen LogP contribution < -0.4 is 10.1 Å². The molecule has 0 atom stereocenters. The van der Waals surface area contributed by atoms with Crippen LogP contribution in [0.4, 0.5) is 4.79 Å². The summed E-state index contributed by atoms with van der Waals surface area (Å²) >= 11 is 0. The first-order valence-corrected chi connectivity index (χ1v) is 12.8. The predicted molar refractivity (Wildman–Crippen MR) is 134 cm³/mol. The SMILES string of the molecule is CCCCN(C(=O)NC1CCCC1)C1CCN(Cc2ccc(Oc3ccccc3)cc2)CC1. The normalized spacial score (nSPS) is 17.7. The molecule has 1 saturated heterocycles. The van der Waals surface area contributed by atoms with Crippen molar-refractivity contribution in [1.29, 1.82) is 0 Å². The number of benzene rings is 2. The van der Waals surface area contributed by atoms with Gasteiger partial charge in [-0.15, -0.1) is 0 Å². The Hall–Kier alpha value is -2.53. The highest BCUT2D eigenvalue weighted by Gasteiger charge is 2.29. The van der Waals surface area contributed by atoms with Gasteiger partial charge in [-0.2, -0.15) is 0 Å². The Balaban J connectivity index is 1.26. The molecule has 4 rings (SSSR count). The van der Waals surface area contributed by atoms with Crippen LogP contribution in [0.15, 0.2) is 54.6 Å². The molecule has 1 heterocycles. The Morgan fingerprint density at radius 2 is 1.64 bits per heavy atom. The van der Waals surface area contributed by atoms with E-state index in [0.717, 1.165) is 76.2 Å². The minimum Gasteiger partial charge on any atom is -0.457 e. The van der Waals surface area contributed by atoms with Crippen molar-refractivity contribution in [2.24, 2.45) is 0 Å². The zero-order valence-corrected chi connectivity index (χ0v) is 20.0. The third-order valence-electron chi connectivity index (χ3n) is 7.00. The minimum absolute atomic E-state index is 0.169. The van der Waals surface area contributed by atoms with Gasteiger partial charge in [0, 0.05) is 38.3 Å². The molecule has 2 aromatic carbocycles. The van der Waals surface area contributed by atoms with Gasteiger partial charge in [-0.3, -0.25) is 4.90 Å². The van der Waals surface area contributed by atoms with Crippen LogP contribution in [0.1, 0.15) is 63.9 Å². The monoisotopic (exact) mass is 449 g/mol. The third-order valence-corrected chi connectivity index (χ3v) is 7.00. The lowest BCUT2D eigenvalue weighted by Crippen LogP contribution is -2.52. The Kier molecular flexibility index (Phi) is 8.65. The summed E-state index contributed by atoms with van der Waals surface area (Å²) in [6.45, 7) is 6.09. The number of hydrogen-bond donors (Lipinski definition) is 1. The fourth-order valence-electron chi connectivity index (χ4n) is 5.04. The van der Waals surface area contributed by atoms with E-state index in [0.29, 0.717) is 12.1 Å². The number of unbranched alkanes of at least 4 members (excludes halogenated alkanes) is 1. The van der Waals surface area contributed by atoms with E-state index in [-0.39, 0.29) is 6.03 Å². The number of carbonyl (C=O) groups excluding carboxylic acids is 1. The van der Waals surface area contributed by atoms with Crippen molar-refractivity contribution in [3.63, 3.8) is 0 Å². The summed E-state index contributed by atoms with van der Waals surface area (Å²) in [7, 11) is 0. The number of piperidine rings is 1. The van der Waals surface area contributed by atoms with E-state index < -0.39 is 0 Å². The first-order chi connectivity index (χ1) is 16.2. The molecule has 0 aromatic heterocycles. The van der Waals surface area contributed by atoms with Crippen LogP contribution in [0.25, 0.3) is 0 Å². The number of amides is 2. The molecule has 5 heteroatoms. The molecule has 1 aliphatic heterocycles. The molecular weight excluding hydrogens is 410 g/mol. The first-order valence-electron chi connectivity index (χ1n) is 12.8. The molecule has 5 nitrogen and oxygen atoms in total. The smallest absolute Gasteiger partial charge is 0.317 e.